The summed E-state index contributed by atoms with van der Waals surface area (Å²) in [7, 11) is 0. The molecule has 2 N–H and O–H groups in total. The fourth-order valence-corrected chi connectivity index (χ4v) is 3.01. The van der Waals surface area contributed by atoms with Gasteiger partial charge in [-0.1, -0.05) is 0 Å². The Morgan fingerprint density at radius 3 is 2.71 bits per heavy atom. The number of carbonyl (C=O) groups is 2. The van der Waals surface area contributed by atoms with Crippen molar-refractivity contribution in [3.8, 4) is 5.75 Å². The summed E-state index contributed by atoms with van der Waals surface area (Å²) in [6.45, 7) is 2.46. The van der Waals surface area contributed by atoms with Gasteiger partial charge in [-0.25, -0.2) is 0 Å². The second kappa shape index (κ2) is 8.89. The highest BCUT2D eigenvalue weighted by atomic mass is 35.5. The molecule has 2 aliphatic heterocycles. The van der Waals surface area contributed by atoms with Crippen LogP contribution in [0, 0.1) is 0 Å². The van der Waals surface area contributed by atoms with Crippen molar-refractivity contribution in [3.05, 3.63) is 24.3 Å². The SMILES string of the molecule is Cl.O=C(COc1ccc(N2CCCC2=O)cc1)NCC1CCCN1. The molecule has 2 aliphatic rings. The molecule has 2 fully saturated rings. The lowest BCUT2D eigenvalue weighted by atomic mass is 10.2. The predicted molar refractivity (Wildman–Crippen MR) is 94.8 cm³/mol. The molecular formula is C17H24ClN3O3. The van der Waals surface area contributed by atoms with Gasteiger partial charge in [0.2, 0.25) is 5.91 Å². The molecule has 1 unspecified atom stereocenters. The minimum absolute atomic E-state index is 0. The second-order valence-electron chi connectivity index (χ2n) is 6.03. The van der Waals surface area contributed by atoms with Crippen molar-refractivity contribution >= 4 is 29.9 Å². The fourth-order valence-electron chi connectivity index (χ4n) is 3.01. The fraction of sp³-hybridized carbons (Fsp3) is 0.529. The molecule has 0 saturated carbocycles. The smallest absolute Gasteiger partial charge is 0.257 e. The Kier molecular flexibility index (Phi) is 6.87. The van der Waals surface area contributed by atoms with Crippen molar-refractivity contribution in [2.75, 3.05) is 31.1 Å². The Balaban J connectivity index is 0.00000208. The summed E-state index contributed by atoms with van der Waals surface area (Å²) in [5, 5.41) is 6.21. The quantitative estimate of drug-likeness (QED) is 0.812. The van der Waals surface area contributed by atoms with E-state index in [1.54, 1.807) is 17.0 Å². The maximum Gasteiger partial charge on any atom is 0.257 e. The third-order valence-corrected chi connectivity index (χ3v) is 4.30. The zero-order valence-electron chi connectivity index (χ0n) is 13.6. The average Bonchev–Trinajstić information content (AvgIpc) is 3.23. The van der Waals surface area contributed by atoms with Crippen LogP contribution in [0.25, 0.3) is 0 Å². The summed E-state index contributed by atoms with van der Waals surface area (Å²) in [6.07, 6.45) is 3.81. The van der Waals surface area contributed by atoms with Gasteiger partial charge in [0, 0.05) is 31.2 Å². The first-order valence-electron chi connectivity index (χ1n) is 8.26. The Labute approximate surface area is 148 Å². The molecule has 0 aliphatic carbocycles. The first-order valence-corrected chi connectivity index (χ1v) is 8.26. The van der Waals surface area contributed by atoms with E-state index in [2.05, 4.69) is 10.6 Å². The highest BCUT2D eigenvalue weighted by molar-refractivity contribution is 5.95. The first kappa shape index (κ1) is 18.5. The van der Waals surface area contributed by atoms with Crippen molar-refractivity contribution < 1.29 is 14.3 Å². The summed E-state index contributed by atoms with van der Waals surface area (Å²) in [5.74, 6) is 0.686. The maximum absolute atomic E-state index is 11.8. The molecule has 24 heavy (non-hydrogen) atoms. The number of nitrogens with zero attached hydrogens (tertiary/aromatic N) is 1. The van der Waals surface area contributed by atoms with E-state index in [1.165, 1.54) is 6.42 Å². The number of hydrogen-bond donors (Lipinski definition) is 2. The summed E-state index contributed by atoms with van der Waals surface area (Å²) >= 11 is 0. The van der Waals surface area contributed by atoms with Gasteiger partial charge in [-0.3, -0.25) is 9.59 Å². The monoisotopic (exact) mass is 353 g/mol. The van der Waals surface area contributed by atoms with Crippen LogP contribution >= 0.6 is 12.4 Å². The van der Waals surface area contributed by atoms with Crippen molar-refractivity contribution in [1.29, 1.82) is 0 Å². The number of rotatable bonds is 6. The van der Waals surface area contributed by atoms with E-state index in [1.807, 2.05) is 12.1 Å². The molecule has 0 spiro atoms. The Morgan fingerprint density at radius 2 is 2.08 bits per heavy atom. The van der Waals surface area contributed by atoms with Gasteiger partial charge in [-0.05, 0) is 50.1 Å². The number of halogens is 1. The van der Waals surface area contributed by atoms with Gasteiger partial charge in [0.15, 0.2) is 6.61 Å². The molecule has 2 amide bonds. The van der Waals surface area contributed by atoms with E-state index in [9.17, 15) is 9.59 Å². The number of hydrogen-bond acceptors (Lipinski definition) is 4. The van der Waals surface area contributed by atoms with Crippen LogP contribution in [-0.4, -0.2) is 44.1 Å². The van der Waals surface area contributed by atoms with Gasteiger partial charge in [0.25, 0.3) is 5.91 Å². The molecule has 1 aromatic rings. The highest BCUT2D eigenvalue weighted by Gasteiger charge is 2.21. The lowest BCUT2D eigenvalue weighted by Gasteiger charge is -2.16. The highest BCUT2D eigenvalue weighted by Crippen LogP contribution is 2.23. The lowest BCUT2D eigenvalue weighted by Crippen LogP contribution is -2.39. The third kappa shape index (κ3) is 4.85. The number of nitrogens with one attached hydrogen (secondary N) is 2. The van der Waals surface area contributed by atoms with Gasteiger partial charge in [-0.2, -0.15) is 0 Å². The third-order valence-electron chi connectivity index (χ3n) is 4.30. The zero-order valence-corrected chi connectivity index (χ0v) is 14.4. The zero-order chi connectivity index (χ0) is 16.1. The van der Waals surface area contributed by atoms with Crippen LogP contribution in [0.2, 0.25) is 0 Å². The van der Waals surface area contributed by atoms with E-state index < -0.39 is 0 Å². The lowest BCUT2D eigenvalue weighted by molar-refractivity contribution is -0.123. The second-order valence-corrected chi connectivity index (χ2v) is 6.03. The summed E-state index contributed by atoms with van der Waals surface area (Å²) in [6, 6.07) is 7.70. The molecule has 132 valence electrons. The summed E-state index contributed by atoms with van der Waals surface area (Å²) < 4.78 is 5.49. The summed E-state index contributed by atoms with van der Waals surface area (Å²) in [4.78, 5) is 25.3. The normalized spacial score (nSPS) is 19.9. The van der Waals surface area contributed by atoms with Gasteiger partial charge in [-0.15, -0.1) is 12.4 Å². The molecule has 0 radical (unpaired) electrons. The van der Waals surface area contributed by atoms with E-state index in [0.717, 1.165) is 31.6 Å². The minimum atomic E-state index is -0.113. The molecule has 1 atom stereocenters. The summed E-state index contributed by atoms with van der Waals surface area (Å²) in [5.41, 5.74) is 0.886. The first-order chi connectivity index (χ1) is 11.2. The largest absolute Gasteiger partial charge is 0.484 e. The van der Waals surface area contributed by atoms with Gasteiger partial charge in [0.1, 0.15) is 5.75 Å². The molecule has 6 nitrogen and oxygen atoms in total. The number of anilines is 1. The van der Waals surface area contributed by atoms with E-state index in [0.29, 0.717) is 24.8 Å². The average molecular weight is 354 g/mol. The Bertz CT molecular complexity index is 559. The van der Waals surface area contributed by atoms with Gasteiger partial charge < -0.3 is 20.3 Å². The molecule has 2 heterocycles. The maximum atomic E-state index is 11.8. The standard InChI is InChI=1S/C17H23N3O3.ClH/c21-16(19-11-13-3-1-9-18-13)12-23-15-7-5-14(6-8-15)20-10-2-4-17(20)22;/h5-8,13,18H,1-4,9-12H2,(H,19,21);1H. The van der Waals surface area contributed by atoms with Crippen LogP contribution in [0.1, 0.15) is 25.7 Å². The van der Waals surface area contributed by atoms with Crippen molar-refractivity contribution in [2.24, 2.45) is 0 Å². The topological polar surface area (TPSA) is 70.7 Å². The Morgan fingerprint density at radius 1 is 1.29 bits per heavy atom. The molecule has 7 heteroatoms. The van der Waals surface area contributed by atoms with Crippen molar-refractivity contribution in [2.45, 2.75) is 31.7 Å². The number of carbonyl (C=O) groups excluding carboxylic acids is 2. The van der Waals surface area contributed by atoms with E-state index in [4.69, 9.17) is 4.74 Å². The number of amides is 2. The van der Waals surface area contributed by atoms with Crippen molar-refractivity contribution in [3.63, 3.8) is 0 Å². The minimum Gasteiger partial charge on any atom is -0.484 e. The molecule has 3 rings (SSSR count). The van der Waals surface area contributed by atoms with Crippen LogP contribution in [0.4, 0.5) is 5.69 Å². The van der Waals surface area contributed by atoms with Crippen LogP contribution in [-0.2, 0) is 9.59 Å². The van der Waals surface area contributed by atoms with Crippen LogP contribution in [0.3, 0.4) is 0 Å². The molecular weight excluding hydrogens is 330 g/mol. The number of benzene rings is 1. The van der Waals surface area contributed by atoms with Crippen LogP contribution in [0.15, 0.2) is 24.3 Å². The predicted octanol–water partition coefficient (Wildman–Crippen LogP) is 1.48. The molecule has 1 aromatic carbocycles. The van der Waals surface area contributed by atoms with Crippen LogP contribution < -0.4 is 20.3 Å². The number of ether oxygens (including phenoxy) is 1. The van der Waals surface area contributed by atoms with Gasteiger partial charge >= 0.3 is 0 Å². The molecule has 0 bridgehead atoms. The van der Waals surface area contributed by atoms with E-state index >= 15 is 0 Å². The molecule has 2 saturated heterocycles. The van der Waals surface area contributed by atoms with E-state index in [-0.39, 0.29) is 30.8 Å². The Hall–Kier alpha value is -1.79. The molecule has 0 aromatic heterocycles. The van der Waals surface area contributed by atoms with Crippen molar-refractivity contribution in [1.82, 2.24) is 10.6 Å². The van der Waals surface area contributed by atoms with Gasteiger partial charge in [0.05, 0.1) is 0 Å². The van der Waals surface area contributed by atoms with Crippen LogP contribution in [0.5, 0.6) is 5.75 Å².